The van der Waals surface area contributed by atoms with Crippen LogP contribution in [0.15, 0.2) is 29.2 Å². The van der Waals surface area contributed by atoms with E-state index in [-0.39, 0.29) is 47.7 Å². The van der Waals surface area contributed by atoms with E-state index < -0.39 is 33.0 Å². The van der Waals surface area contributed by atoms with E-state index in [1.165, 1.54) is 20.0 Å². The molecule has 1 N–H and O–H groups in total. The molecule has 0 saturated carbocycles. The molecule has 0 aliphatic carbocycles. The summed E-state index contributed by atoms with van der Waals surface area (Å²) in [5.41, 5.74) is 0.803. The maximum absolute atomic E-state index is 13.5. The second-order valence-corrected chi connectivity index (χ2v) is 11.0. The molecular formula is C22H23FN6O5S. The van der Waals surface area contributed by atoms with E-state index in [0.29, 0.717) is 30.6 Å². The van der Waals surface area contributed by atoms with E-state index in [1.807, 2.05) is 6.92 Å². The van der Waals surface area contributed by atoms with Gasteiger partial charge in [0.15, 0.2) is 0 Å². The summed E-state index contributed by atoms with van der Waals surface area (Å²) in [6, 6.07) is 3.82. The summed E-state index contributed by atoms with van der Waals surface area (Å²) in [5.74, 6) is -1.38. The van der Waals surface area contributed by atoms with Gasteiger partial charge in [-0.2, -0.15) is 9.61 Å². The van der Waals surface area contributed by atoms with Crippen LogP contribution in [0.1, 0.15) is 41.5 Å². The predicted molar refractivity (Wildman–Crippen MR) is 123 cm³/mol. The second kappa shape index (κ2) is 8.56. The minimum atomic E-state index is -3.13. The molecule has 3 aromatic heterocycles. The average Bonchev–Trinajstić information content (AvgIpc) is 3.41. The third-order valence-electron chi connectivity index (χ3n) is 6.44. The summed E-state index contributed by atoms with van der Waals surface area (Å²) in [4.78, 5) is 45.0. The Morgan fingerprint density at radius 1 is 1.23 bits per heavy atom. The summed E-state index contributed by atoms with van der Waals surface area (Å²) >= 11 is 0. The lowest BCUT2D eigenvalue weighted by Crippen LogP contribution is -2.41. The highest BCUT2D eigenvalue weighted by Crippen LogP contribution is 2.29. The highest BCUT2D eigenvalue weighted by molar-refractivity contribution is 7.91. The Bertz CT molecular complexity index is 1500. The molecule has 5 rings (SSSR count). The zero-order valence-electron chi connectivity index (χ0n) is 18.9. The van der Waals surface area contributed by atoms with Gasteiger partial charge in [0.05, 0.1) is 35.5 Å². The number of sulfone groups is 1. The Balaban J connectivity index is 1.53. The van der Waals surface area contributed by atoms with E-state index >= 15 is 0 Å². The van der Waals surface area contributed by atoms with Crippen molar-refractivity contribution in [1.29, 1.82) is 0 Å². The van der Waals surface area contributed by atoms with Gasteiger partial charge in [0.25, 0.3) is 11.5 Å². The molecule has 1 fully saturated rings. The fourth-order valence-corrected chi connectivity index (χ4v) is 6.09. The molecule has 5 heterocycles. The summed E-state index contributed by atoms with van der Waals surface area (Å²) in [7, 11) is -3.13. The zero-order chi connectivity index (χ0) is 24.9. The fourth-order valence-electron chi connectivity index (χ4n) is 4.62. The van der Waals surface area contributed by atoms with Gasteiger partial charge < -0.3 is 14.8 Å². The van der Waals surface area contributed by atoms with E-state index in [9.17, 15) is 27.2 Å². The smallest absolute Gasteiger partial charge is 0.280 e. The number of nitrogens with one attached hydrogen (secondary N) is 1. The lowest BCUT2D eigenvalue weighted by atomic mass is 10.1. The van der Waals surface area contributed by atoms with Crippen molar-refractivity contribution in [2.24, 2.45) is 0 Å². The van der Waals surface area contributed by atoms with E-state index in [4.69, 9.17) is 0 Å². The van der Waals surface area contributed by atoms with Crippen LogP contribution >= 0.6 is 0 Å². The van der Waals surface area contributed by atoms with Crippen molar-refractivity contribution in [3.05, 3.63) is 57.5 Å². The van der Waals surface area contributed by atoms with Gasteiger partial charge >= 0.3 is 0 Å². The Morgan fingerprint density at radius 3 is 2.63 bits per heavy atom. The first-order valence-corrected chi connectivity index (χ1v) is 13.1. The van der Waals surface area contributed by atoms with Crippen molar-refractivity contribution < 1.29 is 22.4 Å². The van der Waals surface area contributed by atoms with Crippen LogP contribution in [0, 0.1) is 5.82 Å². The minimum Gasteiger partial charge on any atom is -0.330 e. The number of rotatable bonds is 5. The fraction of sp³-hybridized carbons (Fsp3) is 0.409. The van der Waals surface area contributed by atoms with E-state index in [2.05, 4.69) is 15.4 Å². The van der Waals surface area contributed by atoms with Crippen LogP contribution in [0.25, 0.3) is 5.65 Å². The molecule has 11 nitrogen and oxygen atoms in total. The third-order valence-corrected chi connectivity index (χ3v) is 8.16. The molecule has 0 bridgehead atoms. The molecule has 13 heteroatoms. The summed E-state index contributed by atoms with van der Waals surface area (Å²) in [6.45, 7) is 1.59. The molecule has 0 unspecified atom stereocenters. The van der Waals surface area contributed by atoms with Crippen LogP contribution in [0.3, 0.4) is 0 Å². The number of carbonyl (C=O) groups is 2. The molecule has 2 aliphatic rings. The molecule has 3 aromatic rings. The topological polar surface area (TPSA) is 136 Å². The first kappa shape index (κ1) is 23.1. The molecule has 184 valence electrons. The number of aromatic nitrogens is 4. The number of aryl methyl sites for hydroxylation is 1. The first-order valence-electron chi connectivity index (χ1n) is 11.2. The molecular weight excluding hydrogens is 479 g/mol. The molecule has 35 heavy (non-hydrogen) atoms. The number of amides is 2. The van der Waals surface area contributed by atoms with Gasteiger partial charge in [-0.15, -0.1) is 0 Å². The van der Waals surface area contributed by atoms with Gasteiger partial charge in [0, 0.05) is 12.1 Å². The van der Waals surface area contributed by atoms with Gasteiger partial charge in [-0.05, 0) is 31.4 Å². The Kier molecular flexibility index (Phi) is 5.66. The highest BCUT2D eigenvalue weighted by atomic mass is 32.2. The minimum absolute atomic E-state index is 0.0156. The van der Waals surface area contributed by atoms with Crippen molar-refractivity contribution in [2.45, 2.75) is 45.3 Å². The number of halogens is 1. The van der Waals surface area contributed by atoms with Gasteiger partial charge in [0.2, 0.25) is 5.91 Å². The maximum atomic E-state index is 13.5. The monoisotopic (exact) mass is 502 g/mol. The second-order valence-electron chi connectivity index (χ2n) is 8.70. The predicted octanol–water partition coefficient (Wildman–Crippen LogP) is 0.764. The van der Waals surface area contributed by atoms with Crippen LogP contribution in [0.4, 0.5) is 10.2 Å². The third kappa shape index (κ3) is 4.20. The van der Waals surface area contributed by atoms with E-state index in [0.717, 1.165) is 12.3 Å². The van der Waals surface area contributed by atoms with Gasteiger partial charge in [0.1, 0.15) is 39.4 Å². The van der Waals surface area contributed by atoms with Crippen LogP contribution in [-0.2, 0) is 34.1 Å². The van der Waals surface area contributed by atoms with Gasteiger partial charge in [-0.1, -0.05) is 6.92 Å². The number of hydrogen-bond acceptors (Lipinski definition) is 7. The van der Waals surface area contributed by atoms with Gasteiger partial charge in [-0.25, -0.2) is 17.8 Å². The number of anilines is 1. The Hall–Kier alpha value is -3.61. The molecule has 1 saturated heterocycles. The zero-order valence-corrected chi connectivity index (χ0v) is 19.7. The quantitative estimate of drug-likeness (QED) is 0.544. The lowest BCUT2D eigenvalue weighted by Gasteiger charge is -2.30. The van der Waals surface area contributed by atoms with Crippen LogP contribution in [-0.4, -0.2) is 61.8 Å². The Labute approximate surface area is 199 Å². The maximum Gasteiger partial charge on any atom is 0.280 e. The first-order chi connectivity index (χ1) is 16.7. The SMILES string of the molecule is CCc1cc2n(CC(=O)Nc3ccc(F)cn3)c3c(c(=O)n2n1)CN(C1CCS(=O)(=O)CC1)C3=O. The number of nitrogens with zero attached hydrogens (tertiary/aromatic N) is 5. The number of carbonyl (C=O) groups excluding carboxylic acids is 2. The van der Waals surface area contributed by atoms with Crippen molar-refractivity contribution in [3.63, 3.8) is 0 Å². The highest BCUT2D eigenvalue weighted by Gasteiger charge is 2.40. The molecule has 0 spiro atoms. The normalized spacial score (nSPS) is 17.7. The van der Waals surface area contributed by atoms with Crippen molar-refractivity contribution in [3.8, 4) is 0 Å². The molecule has 0 aromatic carbocycles. The number of hydrogen-bond donors (Lipinski definition) is 1. The van der Waals surface area contributed by atoms with Crippen LogP contribution in [0.2, 0.25) is 0 Å². The van der Waals surface area contributed by atoms with Gasteiger partial charge in [-0.3, -0.25) is 14.4 Å². The molecule has 0 radical (unpaired) electrons. The molecule has 0 atom stereocenters. The average molecular weight is 503 g/mol. The summed E-state index contributed by atoms with van der Waals surface area (Å²) in [6.07, 6.45) is 2.11. The van der Waals surface area contributed by atoms with Crippen LogP contribution in [0.5, 0.6) is 0 Å². The van der Waals surface area contributed by atoms with Crippen molar-refractivity contribution in [2.75, 3.05) is 16.8 Å². The lowest BCUT2D eigenvalue weighted by molar-refractivity contribution is -0.116. The molecule has 2 amide bonds. The molecule has 2 aliphatic heterocycles. The number of pyridine rings is 1. The van der Waals surface area contributed by atoms with Crippen molar-refractivity contribution >= 4 is 33.1 Å². The van der Waals surface area contributed by atoms with Crippen LogP contribution < -0.4 is 10.9 Å². The van der Waals surface area contributed by atoms with E-state index in [1.54, 1.807) is 6.07 Å². The number of fused-ring (bicyclic) bond motifs is 2. The summed E-state index contributed by atoms with van der Waals surface area (Å²) < 4.78 is 39.5. The Morgan fingerprint density at radius 2 is 1.97 bits per heavy atom. The standard InChI is InChI=1S/C22H23FN6O5S/c1-2-14-9-19-28(12-18(30)25-17-4-3-13(23)10-24-17)20-16(21(31)29(19)26-14)11-27(22(20)32)15-5-7-35(33,34)8-6-15/h3-4,9-10,15H,2,5-8,11-12H2,1H3,(H,24,25,30). The summed E-state index contributed by atoms with van der Waals surface area (Å²) in [5, 5.41) is 6.91. The van der Waals surface area contributed by atoms with Crippen molar-refractivity contribution in [1.82, 2.24) is 24.1 Å². The largest absolute Gasteiger partial charge is 0.330 e.